The van der Waals surface area contributed by atoms with Crippen molar-refractivity contribution in [2.24, 2.45) is 7.05 Å². The van der Waals surface area contributed by atoms with E-state index in [9.17, 15) is 9.59 Å². The number of imide groups is 1. The molecule has 1 aromatic heterocycles. The maximum atomic E-state index is 14.2. The van der Waals surface area contributed by atoms with E-state index in [1.165, 1.54) is 4.90 Å². The molecule has 0 aliphatic carbocycles. The van der Waals surface area contributed by atoms with Crippen LogP contribution >= 0.6 is 0 Å². The topological polar surface area (TPSA) is 64.4 Å². The van der Waals surface area contributed by atoms with E-state index < -0.39 is 16.0 Å². The fraction of sp³-hybridized carbons (Fsp3) is 0.346. The molecule has 2 aromatic carbocycles. The van der Waals surface area contributed by atoms with Crippen LogP contribution in [0.1, 0.15) is 37.9 Å². The molecule has 7 heteroatoms. The Hall–Kier alpha value is -2.89. The van der Waals surface area contributed by atoms with E-state index in [-0.39, 0.29) is 33.3 Å². The van der Waals surface area contributed by atoms with Crippen LogP contribution < -0.4 is 4.46 Å². The summed E-state index contributed by atoms with van der Waals surface area (Å²) >= 11 is -0.250. The van der Waals surface area contributed by atoms with Crippen molar-refractivity contribution >= 4 is 31.4 Å². The number of amides is 2. The van der Waals surface area contributed by atoms with Gasteiger partial charge in [-0.2, -0.15) is 0 Å². The monoisotopic (exact) mass is 511 g/mol. The molecule has 0 saturated carbocycles. The van der Waals surface area contributed by atoms with Crippen LogP contribution in [0.2, 0.25) is 4.31 Å². The van der Waals surface area contributed by atoms with Crippen molar-refractivity contribution in [3.05, 3.63) is 84.4 Å². The van der Waals surface area contributed by atoms with Gasteiger partial charge < -0.3 is 0 Å². The minimum atomic E-state index is -0.805. The first kappa shape index (κ1) is 23.3. The summed E-state index contributed by atoms with van der Waals surface area (Å²) in [6.45, 7) is 5.69. The second-order valence-electron chi connectivity index (χ2n) is 9.38. The van der Waals surface area contributed by atoms with Gasteiger partial charge in [-0.15, -0.1) is 0 Å². The number of imidazole rings is 1. The van der Waals surface area contributed by atoms with Gasteiger partial charge in [-0.1, -0.05) is 0 Å². The van der Waals surface area contributed by atoms with Gasteiger partial charge >= 0.3 is 201 Å². The fourth-order valence-corrected chi connectivity index (χ4v) is 7.28. The van der Waals surface area contributed by atoms with Crippen molar-refractivity contribution in [1.82, 2.24) is 14.5 Å². The Morgan fingerprint density at radius 1 is 1.12 bits per heavy atom. The molecule has 1 aliphatic heterocycles. The average molecular weight is 510 g/mol. The third-order valence-corrected chi connectivity index (χ3v) is 8.68. The van der Waals surface area contributed by atoms with E-state index in [2.05, 4.69) is 17.1 Å². The Labute approximate surface area is 201 Å². The zero-order valence-electron chi connectivity index (χ0n) is 19.4. The van der Waals surface area contributed by atoms with E-state index in [1.807, 2.05) is 87.1 Å². The summed E-state index contributed by atoms with van der Waals surface area (Å²) in [6.07, 6.45) is 3.64. The van der Waals surface area contributed by atoms with Crippen molar-refractivity contribution in [3.63, 3.8) is 0 Å². The molecule has 2 amide bonds. The number of likely N-dealkylation sites (tertiary alicyclic amines) is 1. The first-order valence-corrected chi connectivity index (χ1v) is 12.7. The van der Waals surface area contributed by atoms with Gasteiger partial charge in [0.05, 0.1) is 0 Å². The molecule has 2 heterocycles. The summed E-state index contributed by atoms with van der Waals surface area (Å²) in [5, 5.41) is 0. The third kappa shape index (κ3) is 5.05. The second-order valence-corrected chi connectivity index (χ2v) is 12.3. The summed E-state index contributed by atoms with van der Waals surface area (Å²) in [5.41, 5.74) is 1.20. The molecule has 0 radical (unpaired) electrons. The quantitative estimate of drug-likeness (QED) is 0.491. The second kappa shape index (κ2) is 9.16. The molecule has 0 unspecified atom stereocenters. The zero-order valence-corrected chi connectivity index (χ0v) is 21.1. The molecule has 1 fully saturated rings. The first-order valence-electron chi connectivity index (χ1n) is 11.0. The normalized spacial score (nSPS) is 20.8. The molecule has 6 nitrogen and oxygen atoms in total. The van der Waals surface area contributed by atoms with Crippen LogP contribution in [0.25, 0.3) is 0 Å². The number of hydrogen-bond donors (Lipinski definition) is 0. The van der Waals surface area contributed by atoms with Gasteiger partial charge in [0, 0.05) is 0 Å². The molecule has 0 spiro atoms. The number of aromatic nitrogens is 2. The molecular weight excluding hydrogens is 481 g/mol. The standard InChI is InChI=1S/C26H29N3O3Se/c1-25(2,3)32-24(31)29-16-21(22-17-28(4)18-27-22)26(23(29)30,15-19-11-7-5-8-12-19)33-20-13-9-6-10-14-20/h5-14,17-18,21H,15-16H2,1-4H3/t21-,26-/m0/s1. The SMILES string of the molecule is Cn1cnc([C@@H]2CN(C(=O)OC(C)(C)C)C(=O)[C@@]2(Cc2ccccc2)[Se]c2ccccc2)c1. The van der Waals surface area contributed by atoms with E-state index in [0.29, 0.717) is 6.42 Å². The average Bonchev–Trinajstić information content (AvgIpc) is 3.30. The molecule has 3 aromatic rings. The Bertz CT molecular complexity index is 1080. The molecule has 1 saturated heterocycles. The summed E-state index contributed by atoms with van der Waals surface area (Å²) in [4.78, 5) is 33.2. The van der Waals surface area contributed by atoms with E-state index in [0.717, 1.165) is 15.7 Å². The molecular formula is C26H29N3O3Se. The molecule has 172 valence electrons. The van der Waals surface area contributed by atoms with Gasteiger partial charge in [-0.25, -0.2) is 0 Å². The number of rotatable bonds is 5. The van der Waals surface area contributed by atoms with Gasteiger partial charge in [0.2, 0.25) is 0 Å². The number of aryl methyl sites for hydroxylation is 1. The zero-order chi connectivity index (χ0) is 23.6. The number of benzene rings is 2. The van der Waals surface area contributed by atoms with Crippen LogP contribution in [0.5, 0.6) is 0 Å². The van der Waals surface area contributed by atoms with Gasteiger partial charge in [0.25, 0.3) is 0 Å². The summed E-state index contributed by atoms with van der Waals surface area (Å²) < 4.78 is 7.82. The predicted molar refractivity (Wildman–Crippen MR) is 129 cm³/mol. The van der Waals surface area contributed by atoms with Gasteiger partial charge in [-0.05, 0) is 0 Å². The Morgan fingerprint density at radius 3 is 2.33 bits per heavy atom. The van der Waals surface area contributed by atoms with Crippen molar-refractivity contribution in [2.75, 3.05) is 6.54 Å². The van der Waals surface area contributed by atoms with Crippen LogP contribution in [0.15, 0.2) is 73.2 Å². The molecule has 33 heavy (non-hydrogen) atoms. The van der Waals surface area contributed by atoms with Gasteiger partial charge in [-0.3, -0.25) is 0 Å². The molecule has 0 N–H and O–H groups in total. The summed E-state index contributed by atoms with van der Waals surface area (Å²) in [5.74, 6) is -0.417. The van der Waals surface area contributed by atoms with Gasteiger partial charge in [0.1, 0.15) is 0 Å². The Balaban J connectivity index is 1.82. The number of nitrogens with zero attached hydrogens (tertiary/aromatic N) is 3. The van der Waals surface area contributed by atoms with E-state index >= 15 is 0 Å². The fourth-order valence-electron chi connectivity index (χ4n) is 4.16. The molecule has 4 rings (SSSR count). The van der Waals surface area contributed by atoms with E-state index in [1.54, 1.807) is 6.33 Å². The van der Waals surface area contributed by atoms with Crippen molar-refractivity contribution < 1.29 is 14.3 Å². The van der Waals surface area contributed by atoms with Crippen LogP contribution in [0.3, 0.4) is 0 Å². The summed E-state index contributed by atoms with van der Waals surface area (Å²) in [6, 6.07) is 20.1. The van der Waals surface area contributed by atoms with Crippen molar-refractivity contribution in [1.29, 1.82) is 0 Å². The summed E-state index contributed by atoms with van der Waals surface area (Å²) in [7, 11) is 1.92. The maximum absolute atomic E-state index is 14.2. The predicted octanol–water partition coefficient (Wildman–Crippen LogP) is 3.71. The Kier molecular flexibility index (Phi) is 6.46. The number of ether oxygens (including phenoxy) is 1. The molecule has 2 atom stereocenters. The molecule has 0 bridgehead atoms. The number of carbonyl (C=O) groups excluding carboxylic acids is 2. The van der Waals surface area contributed by atoms with Crippen LogP contribution in [-0.2, 0) is 23.0 Å². The van der Waals surface area contributed by atoms with Crippen LogP contribution in [-0.4, -0.2) is 53.6 Å². The van der Waals surface area contributed by atoms with Crippen LogP contribution in [0.4, 0.5) is 4.79 Å². The minimum absolute atomic E-state index is 0.180. The number of carbonyl (C=O) groups is 2. The number of hydrogen-bond acceptors (Lipinski definition) is 4. The van der Waals surface area contributed by atoms with E-state index in [4.69, 9.17) is 4.74 Å². The van der Waals surface area contributed by atoms with Crippen LogP contribution in [0, 0.1) is 0 Å². The van der Waals surface area contributed by atoms with Crippen molar-refractivity contribution in [3.8, 4) is 0 Å². The third-order valence-electron chi connectivity index (χ3n) is 5.58. The van der Waals surface area contributed by atoms with Crippen molar-refractivity contribution in [2.45, 2.75) is 43.0 Å². The Morgan fingerprint density at radius 2 is 1.76 bits per heavy atom. The molecule has 1 aliphatic rings. The van der Waals surface area contributed by atoms with Gasteiger partial charge in [0.15, 0.2) is 0 Å². The first-order chi connectivity index (χ1) is 15.7.